The molecule has 1 aromatic heterocycles. The van der Waals surface area contributed by atoms with Crippen LogP contribution in [0, 0.1) is 6.92 Å². The second kappa shape index (κ2) is 9.86. The van der Waals surface area contributed by atoms with E-state index in [4.69, 9.17) is 9.47 Å². The van der Waals surface area contributed by atoms with Crippen LogP contribution in [0.1, 0.15) is 41.8 Å². The predicted octanol–water partition coefficient (Wildman–Crippen LogP) is 3.43. The molecule has 2 N–H and O–H groups in total. The highest BCUT2D eigenvalue weighted by molar-refractivity contribution is 7.09. The Morgan fingerprint density at radius 1 is 1.06 bits per heavy atom. The SMILES string of the molecule is COC(=O)c1cc(CNC(=O)c2csc(C)n2)cc(NC(=O)c2ccccc2OC)c1. The Bertz CT molecular complexity index is 1130. The molecule has 0 unspecified atom stereocenters. The summed E-state index contributed by atoms with van der Waals surface area (Å²) in [5.74, 6) is -0.855. The summed E-state index contributed by atoms with van der Waals surface area (Å²) in [6, 6.07) is 11.6. The molecule has 8 nitrogen and oxygen atoms in total. The molecular weight excluding hydrogens is 418 g/mol. The average Bonchev–Trinajstić information content (AvgIpc) is 3.23. The van der Waals surface area contributed by atoms with Crippen molar-refractivity contribution in [1.82, 2.24) is 10.3 Å². The molecule has 0 spiro atoms. The highest BCUT2D eigenvalue weighted by atomic mass is 32.1. The van der Waals surface area contributed by atoms with E-state index in [9.17, 15) is 14.4 Å². The van der Waals surface area contributed by atoms with Crippen LogP contribution in [-0.4, -0.2) is 37.0 Å². The van der Waals surface area contributed by atoms with Crippen molar-refractivity contribution in [1.29, 1.82) is 0 Å². The van der Waals surface area contributed by atoms with E-state index in [0.29, 0.717) is 28.3 Å². The molecule has 160 valence electrons. The Labute approximate surface area is 183 Å². The van der Waals surface area contributed by atoms with E-state index in [0.717, 1.165) is 5.01 Å². The highest BCUT2D eigenvalue weighted by Gasteiger charge is 2.15. The van der Waals surface area contributed by atoms with Crippen LogP contribution >= 0.6 is 11.3 Å². The molecule has 2 aromatic carbocycles. The number of methoxy groups -OCH3 is 2. The molecule has 0 saturated heterocycles. The zero-order valence-electron chi connectivity index (χ0n) is 17.2. The number of carbonyl (C=O) groups excluding carboxylic acids is 3. The average molecular weight is 439 g/mol. The minimum atomic E-state index is -0.559. The first kappa shape index (κ1) is 22.0. The van der Waals surface area contributed by atoms with Gasteiger partial charge in [-0.1, -0.05) is 12.1 Å². The largest absolute Gasteiger partial charge is 0.496 e. The molecule has 0 saturated carbocycles. The van der Waals surface area contributed by atoms with E-state index in [2.05, 4.69) is 15.6 Å². The van der Waals surface area contributed by atoms with Crippen molar-refractivity contribution < 1.29 is 23.9 Å². The number of nitrogens with one attached hydrogen (secondary N) is 2. The van der Waals surface area contributed by atoms with Crippen molar-refractivity contribution in [2.24, 2.45) is 0 Å². The van der Waals surface area contributed by atoms with Gasteiger partial charge >= 0.3 is 5.97 Å². The monoisotopic (exact) mass is 439 g/mol. The minimum Gasteiger partial charge on any atom is -0.496 e. The van der Waals surface area contributed by atoms with Gasteiger partial charge in [0.15, 0.2) is 0 Å². The van der Waals surface area contributed by atoms with E-state index in [1.807, 2.05) is 6.92 Å². The maximum absolute atomic E-state index is 12.7. The Kier molecular flexibility index (Phi) is 6.99. The van der Waals surface area contributed by atoms with Gasteiger partial charge < -0.3 is 20.1 Å². The Balaban J connectivity index is 1.82. The van der Waals surface area contributed by atoms with E-state index < -0.39 is 11.9 Å². The minimum absolute atomic E-state index is 0.137. The van der Waals surface area contributed by atoms with Crippen LogP contribution < -0.4 is 15.4 Å². The van der Waals surface area contributed by atoms with Crippen LogP contribution in [0.2, 0.25) is 0 Å². The number of ether oxygens (including phenoxy) is 2. The first-order valence-electron chi connectivity index (χ1n) is 9.28. The van der Waals surface area contributed by atoms with Crippen LogP contribution in [0.3, 0.4) is 0 Å². The lowest BCUT2D eigenvalue weighted by Gasteiger charge is -2.12. The number of aromatic nitrogens is 1. The van der Waals surface area contributed by atoms with Gasteiger partial charge in [-0.05, 0) is 42.8 Å². The molecule has 3 rings (SSSR count). The van der Waals surface area contributed by atoms with Crippen molar-refractivity contribution in [2.45, 2.75) is 13.5 Å². The lowest BCUT2D eigenvalue weighted by atomic mass is 10.1. The zero-order valence-corrected chi connectivity index (χ0v) is 18.0. The lowest BCUT2D eigenvalue weighted by molar-refractivity contribution is 0.0600. The van der Waals surface area contributed by atoms with Gasteiger partial charge in [0, 0.05) is 17.6 Å². The quantitative estimate of drug-likeness (QED) is 0.546. The third-order valence-corrected chi connectivity index (χ3v) is 5.10. The smallest absolute Gasteiger partial charge is 0.337 e. The topological polar surface area (TPSA) is 107 Å². The van der Waals surface area contributed by atoms with Gasteiger partial charge in [0.2, 0.25) is 0 Å². The van der Waals surface area contributed by atoms with E-state index >= 15 is 0 Å². The Morgan fingerprint density at radius 3 is 2.52 bits per heavy atom. The van der Waals surface area contributed by atoms with Gasteiger partial charge in [0.25, 0.3) is 11.8 Å². The summed E-state index contributed by atoms with van der Waals surface area (Å²) >= 11 is 1.38. The van der Waals surface area contributed by atoms with Gasteiger partial charge in [0.05, 0.1) is 30.4 Å². The van der Waals surface area contributed by atoms with Gasteiger partial charge in [-0.15, -0.1) is 11.3 Å². The molecule has 0 aliphatic rings. The second-order valence-corrected chi connectivity index (χ2v) is 7.56. The summed E-state index contributed by atoms with van der Waals surface area (Å²) in [5, 5.41) is 7.99. The molecular formula is C22H21N3O5S. The summed E-state index contributed by atoms with van der Waals surface area (Å²) in [7, 11) is 2.75. The van der Waals surface area contributed by atoms with Crippen molar-refractivity contribution in [3.8, 4) is 5.75 Å². The molecule has 1 heterocycles. The van der Waals surface area contributed by atoms with Crippen molar-refractivity contribution in [3.05, 3.63) is 75.2 Å². The van der Waals surface area contributed by atoms with Crippen LogP contribution in [0.5, 0.6) is 5.75 Å². The van der Waals surface area contributed by atoms with E-state index in [-0.39, 0.29) is 18.0 Å². The predicted molar refractivity (Wildman–Crippen MR) is 117 cm³/mol. The highest BCUT2D eigenvalue weighted by Crippen LogP contribution is 2.21. The van der Waals surface area contributed by atoms with Gasteiger partial charge in [-0.2, -0.15) is 0 Å². The molecule has 0 aliphatic carbocycles. The standard InChI is InChI=1S/C22H21N3O5S/c1-13-24-18(12-31-13)21(27)23-11-14-8-15(22(28)30-3)10-16(9-14)25-20(26)17-6-4-5-7-19(17)29-2/h4-10,12H,11H2,1-3H3,(H,23,27)(H,25,26). The third-order valence-electron chi connectivity index (χ3n) is 4.33. The van der Waals surface area contributed by atoms with Crippen LogP contribution in [0.15, 0.2) is 47.8 Å². The fourth-order valence-electron chi connectivity index (χ4n) is 2.87. The summed E-state index contributed by atoms with van der Waals surface area (Å²) in [5.41, 5.74) is 1.92. The van der Waals surface area contributed by atoms with Crippen LogP contribution in [-0.2, 0) is 11.3 Å². The molecule has 9 heteroatoms. The van der Waals surface area contributed by atoms with Gasteiger partial charge in [-0.3, -0.25) is 9.59 Å². The molecule has 0 fully saturated rings. The molecule has 2 amide bonds. The number of amides is 2. The number of esters is 1. The van der Waals surface area contributed by atoms with Crippen LogP contribution in [0.25, 0.3) is 0 Å². The molecule has 31 heavy (non-hydrogen) atoms. The fraction of sp³-hybridized carbons (Fsp3) is 0.182. The maximum atomic E-state index is 12.7. The number of carbonyl (C=O) groups is 3. The summed E-state index contributed by atoms with van der Waals surface area (Å²) in [6.45, 7) is 1.95. The van der Waals surface area contributed by atoms with E-state index in [1.54, 1.807) is 41.8 Å². The Morgan fingerprint density at radius 2 is 1.84 bits per heavy atom. The van der Waals surface area contributed by atoms with Crippen molar-refractivity contribution in [3.63, 3.8) is 0 Å². The number of nitrogens with zero attached hydrogens (tertiary/aromatic N) is 1. The maximum Gasteiger partial charge on any atom is 0.337 e. The number of hydrogen-bond acceptors (Lipinski definition) is 7. The fourth-order valence-corrected chi connectivity index (χ4v) is 3.47. The van der Waals surface area contributed by atoms with E-state index in [1.165, 1.54) is 31.6 Å². The number of thiazole rings is 1. The van der Waals surface area contributed by atoms with Crippen molar-refractivity contribution in [2.75, 3.05) is 19.5 Å². The van der Waals surface area contributed by atoms with Gasteiger partial charge in [0.1, 0.15) is 11.4 Å². The molecule has 0 bridgehead atoms. The number of rotatable bonds is 7. The van der Waals surface area contributed by atoms with Crippen molar-refractivity contribution >= 4 is 34.8 Å². The number of anilines is 1. The summed E-state index contributed by atoms with van der Waals surface area (Å²) < 4.78 is 10.0. The van der Waals surface area contributed by atoms with Gasteiger partial charge in [-0.25, -0.2) is 9.78 Å². The normalized spacial score (nSPS) is 10.3. The number of aryl methyl sites for hydroxylation is 1. The Hall–Kier alpha value is -3.72. The summed E-state index contributed by atoms with van der Waals surface area (Å²) in [4.78, 5) is 41.2. The first-order chi connectivity index (χ1) is 14.9. The lowest BCUT2D eigenvalue weighted by Crippen LogP contribution is -2.23. The molecule has 0 aliphatic heterocycles. The second-order valence-electron chi connectivity index (χ2n) is 6.50. The third kappa shape index (κ3) is 5.46. The van der Waals surface area contributed by atoms with Crippen LogP contribution in [0.4, 0.5) is 5.69 Å². The number of para-hydroxylation sites is 1. The molecule has 0 atom stereocenters. The number of benzene rings is 2. The summed E-state index contributed by atoms with van der Waals surface area (Å²) in [6.07, 6.45) is 0. The number of hydrogen-bond donors (Lipinski definition) is 2. The molecule has 0 radical (unpaired) electrons. The molecule has 3 aromatic rings. The first-order valence-corrected chi connectivity index (χ1v) is 10.2. The zero-order chi connectivity index (χ0) is 22.4.